The fourth-order valence-corrected chi connectivity index (χ4v) is 2.26. The van der Waals surface area contributed by atoms with Crippen molar-refractivity contribution in [2.75, 3.05) is 7.11 Å². The topological polar surface area (TPSA) is 81.5 Å². The van der Waals surface area contributed by atoms with Crippen molar-refractivity contribution in [3.63, 3.8) is 0 Å². The van der Waals surface area contributed by atoms with Crippen LogP contribution >= 0.6 is 11.3 Å². The van der Waals surface area contributed by atoms with Crippen LogP contribution in [0.25, 0.3) is 0 Å². The number of hydrogen-bond acceptors (Lipinski definition) is 6. The van der Waals surface area contributed by atoms with E-state index in [2.05, 4.69) is 5.32 Å². The summed E-state index contributed by atoms with van der Waals surface area (Å²) in [4.78, 5) is 22.4. The highest BCUT2D eigenvalue weighted by molar-refractivity contribution is 7.15. The Balaban J connectivity index is 2.61. The van der Waals surface area contributed by atoms with Gasteiger partial charge in [-0.25, -0.2) is 0 Å². The smallest absolute Gasteiger partial charge is 0.324 e. The molecule has 100 valence electrons. The molecule has 1 N–H and O–H groups in total. The predicted octanol–water partition coefficient (Wildman–Crippen LogP) is 1.94. The molecule has 1 aromatic heterocycles. The number of rotatable bonds is 6. The molecule has 1 heterocycles. The van der Waals surface area contributed by atoms with E-state index in [9.17, 15) is 14.9 Å². The first-order valence-corrected chi connectivity index (χ1v) is 6.31. The van der Waals surface area contributed by atoms with E-state index in [0.717, 1.165) is 16.2 Å². The van der Waals surface area contributed by atoms with Gasteiger partial charge in [-0.05, 0) is 12.0 Å². The van der Waals surface area contributed by atoms with Gasteiger partial charge < -0.3 is 4.74 Å². The molecule has 1 unspecified atom stereocenters. The Morgan fingerprint density at radius 3 is 2.67 bits per heavy atom. The van der Waals surface area contributed by atoms with E-state index in [0.29, 0.717) is 6.54 Å². The van der Waals surface area contributed by atoms with E-state index in [-0.39, 0.29) is 16.9 Å². The highest BCUT2D eigenvalue weighted by Crippen LogP contribution is 2.23. The molecule has 7 heteroatoms. The van der Waals surface area contributed by atoms with Crippen LogP contribution in [0.2, 0.25) is 0 Å². The van der Waals surface area contributed by atoms with Gasteiger partial charge in [-0.3, -0.25) is 20.2 Å². The summed E-state index contributed by atoms with van der Waals surface area (Å²) in [6.07, 6.45) is 0. The zero-order valence-corrected chi connectivity index (χ0v) is 11.3. The highest BCUT2D eigenvalue weighted by atomic mass is 32.1. The SMILES string of the molecule is COC(=O)C(NCc1ccc([N+](=O)[O-])s1)C(C)C. The third-order valence-electron chi connectivity index (χ3n) is 2.45. The van der Waals surface area contributed by atoms with Crippen molar-refractivity contribution in [2.45, 2.75) is 26.4 Å². The van der Waals surface area contributed by atoms with Crippen LogP contribution in [-0.2, 0) is 16.1 Å². The van der Waals surface area contributed by atoms with Gasteiger partial charge in [0.1, 0.15) is 6.04 Å². The number of esters is 1. The number of nitrogens with one attached hydrogen (secondary N) is 1. The summed E-state index contributed by atoms with van der Waals surface area (Å²) >= 11 is 1.10. The molecule has 0 saturated carbocycles. The van der Waals surface area contributed by atoms with Gasteiger partial charge in [0.25, 0.3) is 0 Å². The minimum Gasteiger partial charge on any atom is -0.468 e. The Hall–Kier alpha value is -1.47. The molecule has 0 spiro atoms. The number of ether oxygens (including phenoxy) is 1. The van der Waals surface area contributed by atoms with Crippen molar-refractivity contribution >= 4 is 22.3 Å². The van der Waals surface area contributed by atoms with E-state index < -0.39 is 11.0 Å². The fraction of sp³-hybridized carbons (Fsp3) is 0.545. The highest BCUT2D eigenvalue weighted by Gasteiger charge is 2.22. The molecule has 0 aliphatic heterocycles. The van der Waals surface area contributed by atoms with E-state index in [1.165, 1.54) is 13.2 Å². The molecule has 0 fully saturated rings. The van der Waals surface area contributed by atoms with Crippen LogP contribution in [0.1, 0.15) is 18.7 Å². The van der Waals surface area contributed by atoms with Gasteiger partial charge in [0.2, 0.25) is 0 Å². The lowest BCUT2D eigenvalue weighted by Crippen LogP contribution is -2.41. The molecular weight excluding hydrogens is 256 g/mol. The average Bonchev–Trinajstić information content (AvgIpc) is 2.77. The second-order valence-electron chi connectivity index (χ2n) is 4.12. The quantitative estimate of drug-likeness (QED) is 0.486. The summed E-state index contributed by atoms with van der Waals surface area (Å²) in [7, 11) is 1.34. The predicted molar refractivity (Wildman–Crippen MR) is 68.5 cm³/mol. The number of nitro groups is 1. The molecule has 0 aliphatic carbocycles. The fourth-order valence-electron chi connectivity index (χ4n) is 1.49. The average molecular weight is 272 g/mol. The molecule has 0 bridgehead atoms. The Morgan fingerprint density at radius 2 is 2.22 bits per heavy atom. The number of methoxy groups -OCH3 is 1. The zero-order valence-electron chi connectivity index (χ0n) is 10.5. The monoisotopic (exact) mass is 272 g/mol. The third-order valence-corrected chi connectivity index (χ3v) is 3.48. The van der Waals surface area contributed by atoms with Gasteiger partial charge in [-0.1, -0.05) is 25.2 Å². The second-order valence-corrected chi connectivity index (χ2v) is 5.27. The van der Waals surface area contributed by atoms with Crippen molar-refractivity contribution < 1.29 is 14.5 Å². The van der Waals surface area contributed by atoms with Gasteiger partial charge in [-0.15, -0.1) is 0 Å². The van der Waals surface area contributed by atoms with E-state index in [1.54, 1.807) is 6.07 Å². The van der Waals surface area contributed by atoms with Crippen LogP contribution in [-0.4, -0.2) is 24.0 Å². The lowest BCUT2D eigenvalue weighted by Gasteiger charge is -2.19. The number of carbonyl (C=O) groups is 1. The lowest BCUT2D eigenvalue weighted by molar-refractivity contribution is -0.380. The first-order chi connectivity index (χ1) is 8.45. The summed E-state index contributed by atoms with van der Waals surface area (Å²) in [5.74, 6) is -0.233. The van der Waals surface area contributed by atoms with Gasteiger partial charge >= 0.3 is 11.0 Å². The largest absolute Gasteiger partial charge is 0.468 e. The van der Waals surface area contributed by atoms with Crippen LogP contribution in [0.5, 0.6) is 0 Å². The van der Waals surface area contributed by atoms with Crippen LogP contribution in [0.15, 0.2) is 12.1 Å². The van der Waals surface area contributed by atoms with Crippen molar-refractivity contribution in [3.8, 4) is 0 Å². The van der Waals surface area contributed by atoms with Crippen molar-refractivity contribution in [2.24, 2.45) is 5.92 Å². The minimum atomic E-state index is -0.422. The molecule has 0 radical (unpaired) electrons. The lowest BCUT2D eigenvalue weighted by atomic mass is 10.0. The number of hydrogen-bond donors (Lipinski definition) is 1. The molecule has 1 rings (SSSR count). The Morgan fingerprint density at radius 1 is 1.56 bits per heavy atom. The molecule has 0 amide bonds. The maximum atomic E-state index is 11.5. The van der Waals surface area contributed by atoms with Crippen molar-refractivity contribution in [1.82, 2.24) is 5.32 Å². The van der Waals surface area contributed by atoms with E-state index in [1.807, 2.05) is 13.8 Å². The minimum absolute atomic E-state index is 0.0902. The molecule has 0 aliphatic rings. The van der Waals surface area contributed by atoms with Gasteiger partial charge in [0.05, 0.1) is 12.0 Å². The van der Waals surface area contributed by atoms with Crippen LogP contribution < -0.4 is 5.32 Å². The summed E-state index contributed by atoms with van der Waals surface area (Å²) in [6, 6.07) is 2.74. The molecule has 0 aromatic carbocycles. The number of carbonyl (C=O) groups excluding carboxylic acids is 1. The summed E-state index contributed by atoms with van der Waals surface area (Å²) in [5.41, 5.74) is 0. The van der Waals surface area contributed by atoms with Crippen LogP contribution in [0, 0.1) is 16.0 Å². The van der Waals surface area contributed by atoms with Crippen molar-refractivity contribution in [3.05, 3.63) is 27.1 Å². The first-order valence-electron chi connectivity index (χ1n) is 5.50. The van der Waals surface area contributed by atoms with Gasteiger partial charge in [0.15, 0.2) is 0 Å². The number of thiophene rings is 1. The second kappa shape index (κ2) is 6.46. The summed E-state index contributed by atoms with van der Waals surface area (Å²) < 4.78 is 4.70. The number of nitrogens with zero attached hydrogens (tertiary/aromatic N) is 1. The van der Waals surface area contributed by atoms with E-state index >= 15 is 0 Å². The van der Waals surface area contributed by atoms with Gasteiger partial charge in [0, 0.05) is 17.5 Å². The normalized spacial score (nSPS) is 12.4. The third kappa shape index (κ3) is 3.78. The molecular formula is C11H16N2O4S. The zero-order chi connectivity index (χ0) is 13.7. The maximum Gasteiger partial charge on any atom is 0.324 e. The van der Waals surface area contributed by atoms with E-state index in [4.69, 9.17) is 4.74 Å². The Bertz CT molecular complexity index is 430. The standard InChI is InChI=1S/C11H16N2O4S/c1-7(2)10(11(14)17-3)12-6-8-4-5-9(18-8)13(15)16/h4-5,7,10,12H,6H2,1-3H3. The first kappa shape index (κ1) is 14.6. The van der Waals surface area contributed by atoms with Gasteiger partial charge in [-0.2, -0.15) is 0 Å². The molecule has 18 heavy (non-hydrogen) atoms. The Kier molecular flexibility index (Phi) is 5.24. The summed E-state index contributed by atoms with van der Waals surface area (Å²) in [5, 5.41) is 13.7. The Labute approximate surface area is 109 Å². The molecule has 1 aromatic rings. The molecule has 6 nitrogen and oxygen atoms in total. The molecule has 1 atom stereocenters. The van der Waals surface area contributed by atoms with Crippen LogP contribution in [0.4, 0.5) is 5.00 Å². The maximum absolute atomic E-state index is 11.5. The van der Waals surface area contributed by atoms with Crippen molar-refractivity contribution in [1.29, 1.82) is 0 Å². The van der Waals surface area contributed by atoms with Crippen LogP contribution in [0.3, 0.4) is 0 Å². The summed E-state index contributed by atoms with van der Waals surface area (Å²) in [6.45, 7) is 4.23. The molecule has 0 saturated heterocycles.